The minimum absolute atomic E-state index is 0.367. The van der Waals surface area contributed by atoms with Crippen molar-refractivity contribution in [3.8, 4) is 0 Å². The Morgan fingerprint density at radius 2 is 2.57 bits per heavy atom. The summed E-state index contributed by atoms with van der Waals surface area (Å²) in [4.78, 5) is 10.0. The number of hydrogen-bond acceptors (Lipinski definition) is 2. The van der Waals surface area contributed by atoms with E-state index in [-0.39, 0.29) is 0 Å². The molecule has 5 heteroatoms. The molecule has 2 N–H and O–H groups in total. The highest BCUT2D eigenvalue weighted by molar-refractivity contribution is 5.72. The maximum atomic E-state index is 10.0. The Hall–Kier alpha value is -0.810. The van der Waals surface area contributed by atoms with E-state index in [4.69, 9.17) is 0 Å². The van der Waals surface area contributed by atoms with E-state index < -0.39 is 6.03 Å². The third kappa shape index (κ3) is 1.02. The molecule has 1 heterocycles. The molecule has 1 aliphatic heterocycles. The maximum Gasteiger partial charge on any atom is 0.368 e. The quantitative estimate of drug-likeness (QED) is 0.380. The van der Waals surface area contributed by atoms with Crippen LogP contribution in [0.2, 0.25) is 0 Å². The standard InChI is InChI=1S/C2H4N4O/c7-2-5-3-1-4-6-2/h3H,1H2,(H,6,7). The Morgan fingerprint density at radius 3 is 2.86 bits per heavy atom. The first-order chi connectivity index (χ1) is 3.39. The summed E-state index contributed by atoms with van der Waals surface area (Å²) in [6.07, 6.45) is 0. The molecule has 0 aromatic carbocycles. The van der Waals surface area contributed by atoms with Gasteiger partial charge in [-0.15, -0.1) is 10.9 Å². The Bertz CT molecular complexity index is 73.8. The number of hydrogen-bond donors (Lipinski definition) is 2. The van der Waals surface area contributed by atoms with Gasteiger partial charge in [0.05, 0.1) is 0 Å². The van der Waals surface area contributed by atoms with Crippen LogP contribution >= 0.6 is 0 Å². The zero-order valence-electron chi connectivity index (χ0n) is 3.51. The lowest BCUT2D eigenvalue weighted by Crippen LogP contribution is -2.52. The summed E-state index contributed by atoms with van der Waals surface area (Å²) >= 11 is 0. The summed E-state index contributed by atoms with van der Waals surface area (Å²) in [5.41, 5.74) is 11.2. The summed E-state index contributed by atoms with van der Waals surface area (Å²) in [6.45, 7) is 0.367. The lowest BCUT2D eigenvalue weighted by Gasteiger charge is -2.09. The largest absolute Gasteiger partial charge is 0.368 e. The zero-order chi connectivity index (χ0) is 5.11. The highest BCUT2D eigenvalue weighted by atomic mass is 16.2. The molecular formula is C2H4N4O. The molecule has 0 spiro atoms. The van der Waals surface area contributed by atoms with Crippen molar-refractivity contribution in [1.82, 2.24) is 21.7 Å². The molecule has 1 rings (SSSR count). The van der Waals surface area contributed by atoms with E-state index in [9.17, 15) is 4.79 Å². The first-order valence-corrected chi connectivity index (χ1v) is 1.79. The van der Waals surface area contributed by atoms with Gasteiger partial charge in [0.15, 0.2) is 0 Å². The van der Waals surface area contributed by atoms with Gasteiger partial charge in [0, 0.05) is 0 Å². The highest BCUT2D eigenvalue weighted by Gasteiger charge is 2.04. The number of carbonyl (C=O) groups is 1. The van der Waals surface area contributed by atoms with Gasteiger partial charge in [0.2, 0.25) is 0 Å². The van der Waals surface area contributed by atoms with Crippen LogP contribution in [0, 0.1) is 0 Å². The van der Waals surface area contributed by atoms with Gasteiger partial charge in [0.25, 0.3) is 0 Å². The van der Waals surface area contributed by atoms with Crippen LogP contribution in [0.25, 0.3) is 0 Å². The number of urea groups is 1. The molecule has 0 aromatic rings. The summed E-state index contributed by atoms with van der Waals surface area (Å²) in [7, 11) is 0. The van der Waals surface area contributed by atoms with Crippen LogP contribution in [-0.4, -0.2) is 12.7 Å². The fraction of sp³-hybridized carbons (Fsp3) is 0.500. The van der Waals surface area contributed by atoms with E-state index in [0.29, 0.717) is 6.67 Å². The third-order valence-corrected chi connectivity index (χ3v) is 0.505. The van der Waals surface area contributed by atoms with E-state index in [2.05, 4.69) is 21.7 Å². The smallest absolute Gasteiger partial charge is 0.251 e. The summed E-state index contributed by atoms with van der Waals surface area (Å²) in [5, 5.41) is 0. The van der Waals surface area contributed by atoms with Gasteiger partial charge in [-0.05, 0) is 0 Å². The van der Waals surface area contributed by atoms with E-state index >= 15 is 0 Å². The number of amides is 2. The van der Waals surface area contributed by atoms with Crippen LogP contribution in [0.5, 0.6) is 0 Å². The number of carbonyl (C=O) groups excluding carboxylic acids is 1. The molecule has 2 radical (unpaired) electrons. The molecule has 0 bridgehead atoms. The van der Waals surface area contributed by atoms with Crippen molar-refractivity contribution >= 4 is 6.03 Å². The molecule has 7 heavy (non-hydrogen) atoms. The number of rotatable bonds is 0. The molecule has 0 unspecified atom stereocenters. The van der Waals surface area contributed by atoms with Crippen LogP contribution in [-0.2, 0) is 0 Å². The molecule has 5 nitrogen and oxygen atoms in total. The molecule has 1 aliphatic rings. The summed E-state index contributed by atoms with van der Waals surface area (Å²) in [5.74, 6) is 0. The van der Waals surface area contributed by atoms with Crippen LogP contribution in [0.15, 0.2) is 0 Å². The van der Waals surface area contributed by atoms with Crippen LogP contribution in [0.1, 0.15) is 0 Å². The Morgan fingerprint density at radius 1 is 1.71 bits per heavy atom. The van der Waals surface area contributed by atoms with Gasteiger partial charge < -0.3 is 0 Å². The van der Waals surface area contributed by atoms with Gasteiger partial charge in [-0.2, -0.15) is 5.43 Å². The van der Waals surface area contributed by atoms with Crippen molar-refractivity contribution in [3.63, 3.8) is 0 Å². The molecule has 2 amide bonds. The SMILES string of the molecule is O=C1[N]NC[N]N1. The van der Waals surface area contributed by atoms with Crippen molar-refractivity contribution in [2.75, 3.05) is 6.67 Å². The van der Waals surface area contributed by atoms with Gasteiger partial charge in [-0.1, -0.05) is 0 Å². The van der Waals surface area contributed by atoms with Gasteiger partial charge >= 0.3 is 6.03 Å². The van der Waals surface area contributed by atoms with Gasteiger partial charge in [-0.25, -0.2) is 4.79 Å². The molecule has 0 atom stereocenters. The van der Waals surface area contributed by atoms with E-state index in [1.807, 2.05) is 0 Å². The number of nitrogens with zero attached hydrogens (tertiary/aromatic N) is 2. The molecule has 1 saturated heterocycles. The second kappa shape index (κ2) is 1.76. The van der Waals surface area contributed by atoms with Crippen molar-refractivity contribution in [2.45, 2.75) is 0 Å². The zero-order valence-corrected chi connectivity index (χ0v) is 3.51. The third-order valence-electron chi connectivity index (χ3n) is 0.505. The summed E-state index contributed by atoms with van der Waals surface area (Å²) in [6, 6.07) is -0.439. The second-order valence-electron chi connectivity index (χ2n) is 1.00. The van der Waals surface area contributed by atoms with Crippen LogP contribution < -0.4 is 21.7 Å². The first-order valence-electron chi connectivity index (χ1n) is 1.79. The predicted molar refractivity (Wildman–Crippen MR) is 20.8 cm³/mol. The van der Waals surface area contributed by atoms with Crippen molar-refractivity contribution < 1.29 is 4.79 Å². The minimum Gasteiger partial charge on any atom is -0.251 e. The molecule has 1 fully saturated rings. The first kappa shape index (κ1) is 4.35. The highest BCUT2D eigenvalue weighted by Crippen LogP contribution is 1.64. The number of nitrogens with one attached hydrogen (secondary N) is 2. The Labute approximate surface area is 40.4 Å². The van der Waals surface area contributed by atoms with E-state index in [1.165, 1.54) is 0 Å². The fourth-order valence-corrected chi connectivity index (χ4v) is 0.275. The van der Waals surface area contributed by atoms with Gasteiger partial charge in [-0.3, -0.25) is 5.43 Å². The molecule has 0 aliphatic carbocycles. The molecule has 38 valence electrons. The van der Waals surface area contributed by atoms with Crippen molar-refractivity contribution in [1.29, 1.82) is 0 Å². The normalized spacial score (nSPS) is 20.3. The maximum absolute atomic E-state index is 10.0. The predicted octanol–water partition coefficient (Wildman–Crippen LogP) is -1.70. The van der Waals surface area contributed by atoms with Crippen LogP contribution in [0.3, 0.4) is 0 Å². The Kier molecular flexibility index (Phi) is 1.10. The Balaban J connectivity index is 2.25. The minimum atomic E-state index is -0.439. The molecular weight excluding hydrogens is 96.0 g/mol. The average molecular weight is 100 g/mol. The average Bonchev–Trinajstić information content (AvgIpc) is 1.69. The fourth-order valence-electron chi connectivity index (χ4n) is 0.275. The topological polar surface area (TPSA) is 69.3 Å². The van der Waals surface area contributed by atoms with Crippen molar-refractivity contribution in [3.05, 3.63) is 0 Å². The molecule has 0 aromatic heterocycles. The monoisotopic (exact) mass is 100 g/mol. The lowest BCUT2D eigenvalue weighted by molar-refractivity contribution is 0.218. The van der Waals surface area contributed by atoms with E-state index in [1.54, 1.807) is 0 Å². The lowest BCUT2D eigenvalue weighted by atomic mass is 11.0. The second-order valence-corrected chi connectivity index (χ2v) is 1.00. The van der Waals surface area contributed by atoms with Crippen molar-refractivity contribution in [2.24, 2.45) is 0 Å². The summed E-state index contributed by atoms with van der Waals surface area (Å²) < 4.78 is 0. The molecule has 0 saturated carbocycles. The van der Waals surface area contributed by atoms with E-state index in [0.717, 1.165) is 0 Å². The van der Waals surface area contributed by atoms with Crippen LogP contribution in [0.4, 0.5) is 4.79 Å². The van der Waals surface area contributed by atoms with Gasteiger partial charge in [0.1, 0.15) is 6.67 Å².